The molecule has 116 valence electrons. The number of carboxylic acid groups (broad SMARTS) is 1. The number of amides is 1. The Hall–Kier alpha value is -1.73. The lowest BCUT2D eigenvalue weighted by Gasteiger charge is -2.18. The zero-order chi connectivity index (χ0) is 15.9. The molecule has 0 saturated heterocycles. The number of benzene rings is 1. The Morgan fingerprint density at radius 1 is 1.33 bits per heavy atom. The molecule has 1 unspecified atom stereocenters. The molecule has 0 aliphatic rings. The average molecular weight is 313 g/mol. The molecule has 0 aromatic heterocycles. The molecule has 0 aliphatic carbocycles. The molecular weight excluding hydrogens is 294 g/mol. The van der Waals surface area contributed by atoms with Crippen LogP contribution in [0.1, 0.15) is 13.3 Å². The third-order valence-electron chi connectivity index (χ3n) is 2.75. The lowest BCUT2D eigenvalue weighted by Crippen LogP contribution is -2.46. The lowest BCUT2D eigenvalue weighted by molar-refractivity contribution is -0.156. The number of aliphatic hydroxyl groups is 1. The minimum atomic E-state index is -1.95. The van der Waals surface area contributed by atoms with E-state index in [9.17, 15) is 14.7 Å². The second-order valence-corrected chi connectivity index (χ2v) is 5.80. The van der Waals surface area contributed by atoms with Crippen molar-refractivity contribution in [2.75, 3.05) is 19.4 Å². The number of hydrogen-bond acceptors (Lipinski definition) is 5. The van der Waals surface area contributed by atoms with Crippen LogP contribution in [-0.4, -0.2) is 47.1 Å². The summed E-state index contributed by atoms with van der Waals surface area (Å²) in [5.41, 5.74) is -1.95. The van der Waals surface area contributed by atoms with Crippen LogP contribution in [0.3, 0.4) is 0 Å². The van der Waals surface area contributed by atoms with Gasteiger partial charge < -0.3 is 20.3 Å². The van der Waals surface area contributed by atoms with E-state index in [4.69, 9.17) is 9.84 Å². The molecule has 21 heavy (non-hydrogen) atoms. The van der Waals surface area contributed by atoms with Gasteiger partial charge in [-0.3, -0.25) is 4.79 Å². The first-order valence-corrected chi connectivity index (χ1v) is 7.33. The number of thioether (sulfide) groups is 1. The Kier molecular flexibility index (Phi) is 6.51. The molecule has 1 atom stereocenters. The topological polar surface area (TPSA) is 95.9 Å². The van der Waals surface area contributed by atoms with Crippen LogP contribution in [0, 0.1) is 0 Å². The van der Waals surface area contributed by atoms with Crippen LogP contribution in [0.2, 0.25) is 0 Å². The van der Waals surface area contributed by atoms with Crippen LogP contribution in [0.4, 0.5) is 0 Å². The molecule has 0 saturated carbocycles. The smallest absolute Gasteiger partial charge is 0.337 e. The molecule has 1 aromatic rings. The Balaban J connectivity index is 2.28. The number of aliphatic carboxylic acids is 1. The molecule has 0 bridgehead atoms. The van der Waals surface area contributed by atoms with E-state index in [0.717, 1.165) is 17.6 Å². The Bertz CT molecular complexity index is 487. The van der Waals surface area contributed by atoms with Gasteiger partial charge in [0.05, 0.1) is 13.7 Å². The van der Waals surface area contributed by atoms with E-state index in [1.165, 1.54) is 11.8 Å². The van der Waals surface area contributed by atoms with Gasteiger partial charge in [-0.1, -0.05) is 0 Å². The molecule has 0 heterocycles. The number of carbonyl (C=O) groups is 2. The number of nitrogens with one attached hydrogen (secondary N) is 1. The first-order valence-electron chi connectivity index (χ1n) is 6.34. The minimum Gasteiger partial charge on any atom is -0.497 e. The van der Waals surface area contributed by atoms with E-state index in [1.807, 2.05) is 24.3 Å². The van der Waals surface area contributed by atoms with Crippen LogP contribution in [0.15, 0.2) is 29.2 Å². The molecular formula is C14H19NO5S. The van der Waals surface area contributed by atoms with Crippen molar-refractivity contribution in [2.24, 2.45) is 0 Å². The highest BCUT2D eigenvalue weighted by Gasteiger charge is 2.30. The van der Waals surface area contributed by atoms with Crippen molar-refractivity contribution in [3.8, 4) is 5.75 Å². The molecule has 0 spiro atoms. The standard InChI is InChI=1S/C14H19NO5S/c1-14(19,13(17)18)9-15-12(16)7-8-21-11-5-3-10(20-2)4-6-11/h3-6,19H,7-9H2,1-2H3,(H,15,16)(H,17,18). The Labute approximate surface area is 127 Å². The first kappa shape index (κ1) is 17.3. The molecule has 0 aliphatic heterocycles. The maximum atomic E-state index is 11.6. The maximum Gasteiger partial charge on any atom is 0.337 e. The number of carboxylic acids is 1. The summed E-state index contributed by atoms with van der Waals surface area (Å²) in [4.78, 5) is 23.2. The largest absolute Gasteiger partial charge is 0.497 e. The van der Waals surface area contributed by atoms with E-state index in [-0.39, 0.29) is 18.9 Å². The Morgan fingerprint density at radius 3 is 2.48 bits per heavy atom. The van der Waals surface area contributed by atoms with Crippen molar-refractivity contribution >= 4 is 23.6 Å². The summed E-state index contributed by atoms with van der Waals surface area (Å²) < 4.78 is 5.05. The first-order chi connectivity index (χ1) is 9.85. The minimum absolute atomic E-state index is 0.242. The van der Waals surface area contributed by atoms with Gasteiger partial charge in [0.2, 0.25) is 5.91 Å². The second kappa shape index (κ2) is 7.90. The SMILES string of the molecule is COc1ccc(SCCC(=O)NCC(C)(O)C(=O)O)cc1. The predicted molar refractivity (Wildman–Crippen MR) is 79.6 cm³/mol. The molecule has 1 rings (SSSR count). The van der Waals surface area contributed by atoms with E-state index in [0.29, 0.717) is 5.75 Å². The van der Waals surface area contributed by atoms with Gasteiger partial charge in [-0.15, -0.1) is 11.8 Å². The van der Waals surface area contributed by atoms with Crippen molar-refractivity contribution in [1.29, 1.82) is 0 Å². The van der Waals surface area contributed by atoms with Gasteiger partial charge in [0.25, 0.3) is 0 Å². The second-order valence-electron chi connectivity index (χ2n) is 4.63. The number of methoxy groups -OCH3 is 1. The van der Waals surface area contributed by atoms with E-state index < -0.39 is 11.6 Å². The third-order valence-corrected chi connectivity index (χ3v) is 3.76. The highest BCUT2D eigenvalue weighted by atomic mass is 32.2. The number of rotatable bonds is 8. The Morgan fingerprint density at radius 2 is 1.95 bits per heavy atom. The van der Waals surface area contributed by atoms with E-state index >= 15 is 0 Å². The molecule has 0 radical (unpaired) electrons. The van der Waals surface area contributed by atoms with Gasteiger partial charge in [0.15, 0.2) is 5.60 Å². The van der Waals surface area contributed by atoms with Crippen LogP contribution >= 0.6 is 11.8 Å². The van der Waals surface area contributed by atoms with Gasteiger partial charge in [0, 0.05) is 17.1 Å². The summed E-state index contributed by atoms with van der Waals surface area (Å²) in [6.07, 6.45) is 0.242. The highest BCUT2D eigenvalue weighted by molar-refractivity contribution is 7.99. The number of carbonyl (C=O) groups excluding carboxylic acids is 1. The fourth-order valence-electron chi connectivity index (χ4n) is 1.37. The van der Waals surface area contributed by atoms with Crippen molar-refractivity contribution < 1.29 is 24.5 Å². The summed E-state index contributed by atoms with van der Waals surface area (Å²) in [5.74, 6) is -0.325. The molecule has 7 heteroatoms. The van der Waals surface area contributed by atoms with Gasteiger partial charge >= 0.3 is 5.97 Å². The van der Waals surface area contributed by atoms with E-state index in [1.54, 1.807) is 7.11 Å². The summed E-state index contributed by atoms with van der Waals surface area (Å²) in [5, 5.41) is 20.6. The van der Waals surface area contributed by atoms with Crippen molar-refractivity contribution in [3.63, 3.8) is 0 Å². The monoisotopic (exact) mass is 313 g/mol. The average Bonchev–Trinajstić information content (AvgIpc) is 2.46. The maximum absolute atomic E-state index is 11.6. The van der Waals surface area contributed by atoms with Crippen molar-refractivity contribution in [1.82, 2.24) is 5.32 Å². The van der Waals surface area contributed by atoms with Gasteiger partial charge in [-0.25, -0.2) is 4.79 Å². The summed E-state index contributed by atoms with van der Waals surface area (Å²) in [6, 6.07) is 7.48. The van der Waals surface area contributed by atoms with Crippen LogP contribution in [-0.2, 0) is 9.59 Å². The predicted octanol–water partition coefficient (Wildman–Crippen LogP) is 1.13. The molecule has 3 N–H and O–H groups in total. The summed E-state index contributed by atoms with van der Waals surface area (Å²) in [7, 11) is 1.60. The highest BCUT2D eigenvalue weighted by Crippen LogP contribution is 2.21. The summed E-state index contributed by atoms with van der Waals surface area (Å²) in [6.45, 7) is 0.829. The quantitative estimate of drug-likeness (QED) is 0.623. The molecule has 1 aromatic carbocycles. The normalized spacial score (nSPS) is 13.3. The lowest BCUT2D eigenvalue weighted by atomic mass is 10.1. The molecule has 0 fully saturated rings. The zero-order valence-electron chi connectivity index (χ0n) is 12.0. The fraction of sp³-hybridized carbons (Fsp3) is 0.429. The van der Waals surface area contributed by atoms with Gasteiger partial charge in [-0.2, -0.15) is 0 Å². The number of ether oxygens (including phenoxy) is 1. The summed E-state index contributed by atoms with van der Waals surface area (Å²) >= 11 is 1.51. The third kappa shape index (κ3) is 6.05. The van der Waals surface area contributed by atoms with Gasteiger partial charge in [0.1, 0.15) is 5.75 Å². The fourth-order valence-corrected chi connectivity index (χ4v) is 2.22. The van der Waals surface area contributed by atoms with Crippen LogP contribution in [0.5, 0.6) is 5.75 Å². The zero-order valence-corrected chi connectivity index (χ0v) is 12.8. The molecule has 6 nitrogen and oxygen atoms in total. The molecule has 1 amide bonds. The van der Waals surface area contributed by atoms with Crippen molar-refractivity contribution in [3.05, 3.63) is 24.3 Å². The van der Waals surface area contributed by atoms with E-state index in [2.05, 4.69) is 5.32 Å². The van der Waals surface area contributed by atoms with Gasteiger partial charge in [-0.05, 0) is 31.2 Å². The van der Waals surface area contributed by atoms with Crippen LogP contribution in [0.25, 0.3) is 0 Å². The number of hydrogen-bond donors (Lipinski definition) is 3. The van der Waals surface area contributed by atoms with Crippen LogP contribution < -0.4 is 10.1 Å². The van der Waals surface area contributed by atoms with Crippen molar-refractivity contribution in [2.45, 2.75) is 23.8 Å².